The first kappa shape index (κ1) is 19.7. The third-order valence-electron chi connectivity index (χ3n) is 4.48. The number of nitrogens with zero attached hydrogens (tertiary/aromatic N) is 5. The van der Waals surface area contributed by atoms with Gasteiger partial charge in [-0.2, -0.15) is 0 Å². The number of piperidine rings is 1. The van der Waals surface area contributed by atoms with Crippen LogP contribution in [0.1, 0.15) is 37.8 Å². The number of hydrogen-bond donors (Lipinski definition) is 1. The minimum absolute atomic E-state index is 0.345. The predicted octanol–water partition coefficient (Wildman–Crippen LogP) is 1.11. The van der Waals surface area contributed by atoms with E-state index in [9.17, 15) is 0 Å². The quantitative estimate of drug-likeness (QED) is 0.429. The third kappa shape index (κ3) is 5.97. The van der Waals surface area contributed by atoms with Crippen molar-refractivity contribution in [1.29, 1.82) is 0 Å². The van der Waals surface area contributed by atoms with Crippen LogP contribution >= 0.6 is 0 Å². The average Bonchev–Trinajstić information content (AvgIpc) is 2.95. The van der Waals surface area contributed by atoms with Gasteiger partial charge in [-0.15, -0.1) is 10.2 Å². The van der Waals surface area contributed by atoms with Gasteiger partial charge >= 0.3 is 0 Å². The highest BCUT2D eigenvalue weighted by atomic mass is 16.5. The van der Waals surface area contributed by atoms with E-state index in [2.05, 4.69) is 27.3 Å². The molecule has 2 heterocycles. The molecule has 0 aliphatic carbocycles. The monoisotopic (exact) mass is 352 g/mol. The average molecular weight is 352 g/mol. The number of aromatic nitrogens is 3. The summed E-state index contributed by atoms with van der Waals surface area (Å²) in [6, 6.07) is 0. The van der Waals surface area contributed by atoms with Crippen LogP contribution in [0, 0.1) is 6.92 Å². The van der Waals surface area contributed by atoms with E-state index < -0.39 is 0 Å². The standard InChI is InChI=1S/C17H32N6O2/c1-5-18-17(19-13-16-21-20-14(2)22(16)3)23-9-7-15(8-10-23)25-12-6-11-24-4/h15H,5-13H2,1-4H3,(H,18,19). The molecule has 0 spiro atoms. The molecule has 0 bridgehead atoms. The first-order chi connectivity index (χ1) is 12.2. The molecule has 1 fully saturated rings. The summed E-state index contributed by atoms with van der Waals surface area (Å²) in [5.74, 6) is 2.73. The van der Waals surface area contributed by atoms with Crippen LogP contribution in [0.5, 0.6) is 0 Å². The smallest absolute Gasteiger partial charge is 0.194 e. The highest BCUT2D eigenvalue weighted by Crippen LogP contribution is 2.14. The molecule has 1 N–H and O–H groups in total. The number of methoxy groups -OCH3 is 1. The molecule has 0 aromatic carbocycles. The SMILES string of the molecule is CCNC(=NCc1nnc(C)n1C)N1CCC(OCCCOC)CC1. The Labute approximate surface area is 150 Å². The Morgan fingerprint density at radius 2 is 2.04 bits per heavy atom. The summed E-state index contributed by atoms with van der Waals surface area (Å²) in [5.41, 5.74) is 0. The van der Waals surface area contributed by atoms with E-state index in [1.807, 2.05) is 18.5 Å². The molecule has 0 saturated carbocycles. The van der Waals surface area contributed by atoms with E-state index in [0.29, 0.717) is 12.6 Å². The Morgan fingerprint density at radius 1 is 1.28 bits per heavy atom. The van der Waals surface area contributed by atoms with Crippen LogP contribution in [0.4, 0.5) is 0 Å². The molecule has 1 saturated heterocycles. The van der Waals surface area contributed by atoms with Gasteiger partial charge in [-0.25, -0.2) is 4.99 Å². The minimum atomic E-state index is 0.345. The molecule has 1 aliphatic heterocycles. The minimum Gasteiger partial charge on any atom is -0.385 e. The molecule has 1 aliphatic rings. The molecule has 0 atom stereocenters. The zero-order chi connectivity index (χ0) is 18.1. The van der Waals surface area contributed by atoms with Crippen LogP contribution in [0.2, 0.25) is 0 Å². The second-order valence-electron chi connectivity index (χ2n) is 6.30. The first-order valence-electron chi connectivity index (χ1n) is 9.14. The van der Waals surface area contributed by atoms with Crippen LogP contribution in [-0.4, -0.2) is 71.7 Å². The number of nitrogens with one attached hydrogen (secondary N) is 1. The summed E-state index contributed by atoms with van der Waals surface area (Å²) >= 11 is 0. The lowest BCUT2D eigenvalue weighted by atomic mass is 10.1. The summed E-state index contributed by atoms with van der Waals surface area (Å²) < 4.78 is 13.0. The second-order valence-corrected chi connectivity index (χ2v) is 6.30. The van der Waals surface area contributed by atoms with Crippen LogP contribution in [0.25, 0.3) is 0 Å². The maximum absolute atomic E-state index is 5.93. The van der Waals surface area contributed by atoms with Crippen LogP contribution in [0.3, 0.4) is 0 Å². The number of aliphatic imine (C=N–C) groups is 1. The maximum Gasteiger partial charge on any atom is 0.194 e. The van der Waals surface area contributed by atoms with Crippen molar-refractivity contribution < 1.29 is 9.47 Å². The summed E-state index contributed by atoms with van der Waals surface area (Å²) in [4.78, 5) is 7.05. The van der Waals surface area contributed by atoms with Crippen LogP contribution < -0.4 is 5.32 Å². The fourth-order valence-corrected chi connectivity index (χ4v) is 2.85. The van der Waals surface area contributed by atoms with Gasteiger partial charge in [0.15, 0.2) is 11.8 Å². The van der Waals surface area contributed by atoms with Crippen molar-refractivity contribution in [1.82, 2.24) is 25.0 Å². The normalized spacial score (nSPS) is 16.5. The largest absolute Gasteiger partial charge is 0.385 e. The number of ether oxygens (including phenoxy) is 2. The second kappa shape index (κ2) is 10.4. The summed E-state index contributed by atoms with van der Waals surface area (Å²) in [6.45, 7) is 8.88. The van der Waals surface area contributed by atoms with Crippen molar-refractivity contribution in [3.05, 3.63) is 11.6 Å². The van der Waals surface area contributed by atoms with Gasteiger partial charge < -0.3 is 24.3 Å². The molecular formula is C17H32N6O2. The molecule has 8 heteroatoms. The molecule has 142 valence electrons. The number of aryl methyl sites for hydroxylation is 1. The summed E-state index contributed by atoms with van der Waals surface area (Å²) in [5, 5.41) is 11.7. The number of hydrogen-bond acceptors (Lipinski definition) is 5. The van der Waals surface area contributed by atoms with Crippen molar-refractivity contribution in [2.75, 3.05) is 40.0 Å². The molecule has 8 nitrogen and oxygen atoms in total. The molecule has 0 radical (unpaired) electrons. The highest BCUT2D eigenvalue weighted by molar-refractivity contribution is 5.80. The van der Waals surface area contributed by atoms with Crippen LogP contribution in [0.15, 0.2) is 4.99 Å². The lowest BCUT2D eigenvalue weighted by Gasteiger charge is -2.34. The van der Waals surface area contributed by atoms with E-state index in [4.69, 9.17) is 14.5 Å². The third-order valence-corrected chi connectivity index (χ3v) is 4.48. The molecule has 0 amide bonds. The molecule has 1 aromatic rings. The van der Waals surface area contributed by atoms with Gasteiger partial charge in [0.1, 0.15) is 12.4 Å². The van der Waals surface area contributed by atoms with Crippen molar-refractivity contribution in [2.45, 2.75) is 45.8 Å². The predicted molar refractivity (Wildman–Crippen MR) is 97.6 cm³/mol. The van der Waals surface area contributed by atoms with Gasteiger partial charge in [0, 0.05) is 47.0 Å². The van der Waals surface area contributed by atoms with Crippen molar-refractivity contribution in [3.63, 3.8) is 0 Å². The zero-order valence-electron chi connectivity index (χ0n) is 16.0. The summed E-state index contributed by atoms with van der Waals surface area (Å²) in [7, 11) is 3.70. The molecule has 2 rings (SSSR count). The van der Waals surface area contributed by atoms with E-state index in [1.54, 1.807) is 7.11 Å². The maximum atomic E-state index is 5.93. The van der Waals surface area contributed by atoms with Crippen molar-refractivity contribution >= 4 is 5.96 Å². The van der Waals surface area contributed by atoms with E-state index >= 15 is 0 Å². The van der Waals surface area contributed by atoms with Crippen molar-refractivity contribution in [3.8, 4) is 0 Å². The van der Waals surface area contributed by atoms with Gasteiger partial charge in [0.2, 0.25) is 0 Å². The van der Waals surface area contributed by atoms with E-state index in [1.165, 1.54) is 0 Å². The molecule has 25 heavy (non-hydrogen) atoms. The zero-order valence-corrected chi connectivity index (χ0v) is 16.0. The van der Waals surface area contributed by atoms with Crippen LogP contribution in [-0.2, 0) is 23.1 Å². The van der Waals surface area contributed by atoms with Gasteiger partial charge in [-0.1, -0.05) is 0 Å². The van der Waals surface area contributed by atoms with Gasteiger partial charge in [-0.3, -0.25) is 0 Å². The highest BCUT2D eigenvalue weighted by Gasteiger charge is 2.22. The first-order valence-corrected chi connectivity index (χ1v) is 9.14. The van der Waals surface area contributed by atoms with Gasteiger partial charge in [0.25, 0.3) is 0 Å². The fourth-order valence-electron chi connectivity index (χ4n) is 2.85. The van der Waals surface area contributed by atoms with E-state index in [-0.39, 0.29) is 0 Å². The number of likely N-dealkylation sites (tertiary alicyclic amines) is 1. The van der Waals surface area contributed by atoms with Gasteiger partial charge in [0.05, 0.1) is 6.10 Å². The summed E-state index contributed by atoms with van der Waals surface area (Å²) in [6.07, 6.45) is 3.36. The van der Waals surface area contributed by atoms with Crippen molar-refractivity contribution in [2.24, 2.45) is 12.0 Å². The lowest BCUT2D eigenvalue weighted by Crippen LogP contribution is -2.47. The number of guanidine groups is 1. The van der Waals surface area contributed by atoms with Gasteiger partial charge in [-0.05, 0) is 33.1 Å². The Balaban J connectivity index is 1.84. The Hall–Kier alpha value is -1.67. The topological polar surface area (TPSA) is 76.8 Å². The lowest BCUT2D eigenvalue weighted by molar-refractivity contribution is 0.00990. The Bertz CT molecular complexity index is 537. The Kier molecular flexibility index (Phi) is 8.14. The molecule has 1 aromatic heterocycles. The molecular weight excluding hydrogens is 320 g/mol. The fraction of sp³-hybridized carbons (Fsp3) is 0.824. The van der Waals surface area contributed by atoms with E-state index in [0.717, 1.165) is 69.7 Å². The Morgan fingerprint density at radius 3 is 2.64 bits per heavy atom. The molecule has 0 unspecified atom stereocenters. The number of rotatable bonds is 8.